The molecule has 0 radical (unpaired) electrons. The molecule has 0 saturated carbocycles. The van der Waals surface area contributed by atoms with Crippen LogP contribution >= 0.6 is 0 Å². The highest BCUT2D eigenvalue weighted by Crippen LogP contribution is 2.28. The minimum atomic E-state index is -0.449. The maximum Gasteiger partial charge on any atom is 0.274 e. The van der Waals surface area contributed by atoms with Crippen molar-refractivity contribution in [3.63, 3.8) is 0 Å². The SMILES string of the molecule is CCCCOc1ccc(C(=O)NOCC(=O)N(CC(C)C)CC(C)C)cc1OC. The number of nitrogens with zero attached hydrogens (tertiary/aromatic N) is 1. The molecule has 2 amide bonds. The topological polar surface area (TPSA) is 77.1 Å². The summed E-state index contributed by atoms with van der Waals surface area (Å²) >= 11 is 0. The van der Waals surface area contributed by atoms with Gasteiger partial charge >= 0.3 is 0 Å². The first-order chi connectivity index (χ1) is 13.8. The summed E-state index contributed by atoms with van der Waals surface area (Å²) in [6.07, 6.45) is 1.97. The maximum atomic E-state index is 12.4. The fraction of sp³-hybridized carbons (Fsp3) is 0.636. The molecule has 164 valence electrons. The summed E-state index contributed by atoms with van der Waals surface area (Å²) in [6, 6.07) is 4.92. The number of nitrogens with one attached hydrogen (secondary N) is 1. The van der Waals surface area contributed by atoms with Crippen LogP contribution in [-0.2, 0) is 9.63 Å². The molecule has 0 unspecified atom stereocenters. The van der Waals surface area contributed by atoms with Gasteiger partial charge in [0.1, 0.15) is 0 Å². The lowest BCUT2D eigenvalue weighted by atomic mass is 10.1. The van der Waals surface area contributed by atoms with Gasteiger partial charge in [0.2, 0.25) is 0 Å². The number of ether oxygens (including phenoxy) is 2. The van der Waals surface area contributed by atoms with Gasteiger partial charge in [-0.15, -0.1) is 0 Å². The summed E-state index contributed by atoms with van der Waals surface area (Å²) in [7, 11) is 1.52. The molecule has 0 atom stereocenters. The molecule has 1 N–H and O–H groups in total. The van der Waals surface area contributed by atoms with Crippen molar-refractivity contribution >= 4 is 11.8 Å². The molecule has 1 aromatic rings. The second-order valence-corrected chi connectivity index (χ2v) is 7.87. The van der Waals surface area contributed by atoms with Gasteiger partial charge in [-0.3, -0.25) is 14.4 Å². The first-order valence-electron chi connectivity index (χ1n) is 10.3. The summed E-state index contributed by atoms with van der Waals surface area (Å²) in [5, 5.41) is 0. The smallest absolute Gasteiger partial charge is 0.274 e. The number of carbonyl (C=O) groups excluding carboxylic acids is 2. The predicted molar refractivity (Wildman–Crippen MR) is 113 cm³/mol. The number of benzene rings is 1. The van der Waals surface area contributed by atoms with Crippen LogP contribution < -0.4 is 15.0 Å². The van der Waals surface area contributed by atoms with E-state index in [-0.39, 0.29) is 12.5 Å². The quantitative estimate of drug-likeness (QED) is 0.398. The van der Waals surface area contributed by atoms with Crippen molar-refractivity contribution in [1.82, 2.24) is 10.4 Å². The Bertz CT molecular complexity index is 636. The molecule has 0 fully saturated rings. The number of methoxy groups -OCH3 is 1. The fourth-order valence-electron chi connectivity index (χ4n) is 2.73. The number of amides is 2. The van der Waals surface area contributed by atoms with E-state index in [0.717, 1.165) is 12.8 Å². The number of carbonyl (C=O) groups is 2. The van der Waals surface area contributed by atoms with Gasteiger partial charge in [0.05, 0.1) is 13.7 Å². The molecule has 0 heterocycles. The lowest BCUT2D eigenvalue weighted by Gasteiger charge is -2.26. The van der Waals surface area contributed by atoms with Gasteiger partial charge in [0.15, 0.2) is 18.1 Å². The largest absolute Gasteiger partial charge is 0.493 e. The van der Waals surface area contributed by atoms with Gasteiger partial charge in [-0.05, 0) is 36.5 Å². The Labute approximate surface area is 174 Å². The van der Waals surface area contributed by atoms with E-state index in [9.17, 15) is 9.59 Å². The molecule has 29 heavy (non-hydrogen) atoms. The fourth-order valence-corrected chi connectivity index (χ4v) is 2.73. The highest BCUT2D eigenvalue weighted by molar-refractivity contribution is 5.94. The minimum Gasteiger partial charge on any atom is -0.493 e. The van der Waals surface area contributed by atoms with E-state index in [0.29, 0.717) is 48.6 Å². The second-order valence-electron chi connectivity index (χ2n) is 7.87. The first kappa shape index (κ1) is 24.8. The summed E-state index contributed by atoms with van der Waals surface area (Å²) < 4.78 is 11.0. The molecule has 0 aromatic heterocycles. The molecule has 0 aliphatic rings. The Morgan fingerprint density at radius 1 is 1.07 bits per heavy atom. The Morgan fingerprint density at radius 3 is 2.28 bits per heavy atom. The highest BCUT2D eigenvalue weighted by atomic mass is 16.7. The number of unbranched alkanes of at least 4 members (excludes halogenated alkanes) is 1. The molecule has 1 aromatic carbocycles. The Morgan fingerprint density at radius 2 is 1.72 bits per heavy atom. The summed E-state index contributed by atoms with van der Waals surface area (Å²) in [5.41, 5.74) is 2.69. The Hall–Kier alpha value is -2.28. The Kier molecular flexibility index (Phi) is 11.1. The van der Waals surface area contributed by atoms with Crippen molar-refractivity contribution in [3.8, 4) is 11.5 Å². The Balaban J connectivity index is 2.61. The van der Waals surface area contributed by atoms with Crippen molar-refractivity contribution in [2.75, 3.05) is 33.4 Å². The third kappa shape index (κ3) is 9.17. The molecule has 0 spiro atoms. The van der Waals surface area contributed by atoms with Gasteiger partial charge in [0, 0.05) is 18.7 Å². The van der Waals surface area contributed by atoms with Crippen LogP contribution in [0.1, 0.15) is 57.8 Å². The van der Waals surface area contributed by atoms with E-state index in [1.807, 2.05) is 0 Å². The van der Waals surface area contributed by atoms with E-state index >= 15 is 0 Å². The third-order valence-electron chi connectivity index (χ3n) is 4.07. The first-order valence-corrected chi connectivity index (χ1v) is 10.3. The van der Waals surface area contributed by atoms with Crippen molar-refractivity contribution in [3.05, 3.63) is 23.8 Å². The molecule has 0 bridgehead atoms. The van der Waals surface area contributed by atoms with Crippen LogP contribution in [-0.4, -0.2) is 50.1 Å². The normalized spacial score (nSPS) is 10.9. The van der Waals surface area contributed by atoms with Crippen molar-refractivity contribution < 1.29 is 23.9 Å². The van der Waals surface area contributed by atoms with Gasteiger partial charge in [-0.2, -0.15) is 0 Å². The zero-order chi connectivity index (χ0) is 21.8. The predicted octanol–water partition coefficient (Wildman–Crippen LogP) is 3.68. The van der Waals surface area contributed by atoms with E-state index in [1.165, 1.54) is 7.11 Å². The average molecular weight is 409 g/mol. The molecule has 7 heteroatoms. The van der Waals surface area contributed by atoms with Gasteiger partial charge in [0.25, 0.3) is 11.8 Å². The standard InChI is InChI=1S/C22H36N2O5/c1-7-8-11-28-19-10-9-18(12-20(19)27-6)22(26)23-29-15-21(25)24(13-16(2)3)14-17(4)5/h9-10,12,16-17H,7-8,11,13-15H2,1-6H3,(H,23,26). The van der Waals surface area contributed by atoms with Crippen molar-refractivity contribution in [1.29, 1.82) is 0 Å². The number of hydrogen-bond donors (Lipinski definition) is 1. The molecule has 0 aliphatic heterocycles. The van der Waals surface area contributed by atoms with Gasteiger partial charge in [-0.1, -0.05) is 41.0 Å². The van der Waals surface area contributed by atoms with E-state index in [4.69, 9.17) is 14.3 Å². The van der Waals surface area contributed by atoms with Gasteiger partial charge in [-0.25, -0.2) is 5.48 Å². The average Bonchev–Trinajstić information content (AvgIpc) is 2.66. The van der Waals surface area contributed by atoms with Crippen LogP contribution in [0.4, 0.5) is 0 Å². The summed E-state index contributed by atoms with van der Waals surface area (Å²) in [6.45, 7) is 12.0. The van der Waals surface area contributed by atoms with Crippen LogP contribution in [0.3, 0.4) is 0 Å². The van der Waals surface area contributed by atoms with Gasteiger partial charge < -0.3 is 14.4 Å². The van der Waals surface area contributed by atoms with Crippen LogP contribution in [0, 0.1) is 11.8 Å². The number of hydrogen-bond acceptors (Lipinski definition) is 5. The lowest BCUT2D eigenvalue weighted by Crippen LogP contribution is -2.40. The second kappa shape index (κ2) is 13.0. The number of rotatable bonds is 13. The molecule has 0 aliphatic carbocycles. The van der Waals surface area contributed by atoms with Crippen molar-refractivity contribution in [2.24, 2.45) is 11.8 Å². The molecule has 0 saturated heterocycles. The molecular weight excluding hydrogens is 372 g/mol. The minimum absolute atomic E-state index is 0.148. The van der Waals surface area contributed by atoms with E-state index < -0.39 is 5.91 Å². The molecule has 7 nitrogen and oxygen atoms in total. The monoisotopic (exact) mass is 408 g/mol. The van der Waals surface area contributed by atoms with Crippen LogP contribution in [0.15, 0.2) is 18.2 Å². The summed E-state index contributed by atoms with van der Waals surface area (Å²) in [4.78, 5) is 31.7. The zero-order valence-electron chi connectivity index (χ0n) is 18.6. The zero-order valence-corrected chi connectivity index (χ0v) is 18.6. The summed E-state index contributed by atoms with van der Waals surface area (Å²) in [5.74, 6) is 1.19. The third-order valence-corrected chi connectivity index (χ3v) is 4.07. The highest BCUT2D eigenvalue weighted by Gasteiger charge is 2.17. The molecule has 1 rings (SSSR count). The maximum absolute atomic E-state index is 12.4. The van der Waals surface area contributed by atoms with Crippen LogP contribution in [0.25, 0.3) is 0 Å². The molecular formula is C22H36N2O5. The van der Waals surface area contributed by atoms with E-state index in [2.05, 4.69) is 40.1 Å². The lowest BCUT2D eigenvalue weighted by molar-refractivity contribution is -0.139. The van der Waals surface area contributed by atoms with Crippen LogP contribution in [0.5, 0.6) is 11.5 Å². The van der Waals surface area contributed by atoms with Crippen LogP contribution in [0.2, 0.25) is 0 Å². The number of hydroxylamine groups is 1. The van der Waals surface area contributed by atoms with Crippen molar-refractivity contribution in [2.45, 2.75) is 47.5 Å². The van der Waals surface area contributed by atoms with E-state index in [1.54, 1.807) is 23.1 Å².